The lowest BCUT2D eigenvalue weighted by Gasteiger charge is -2.16. The standard InChI is InChI=1S/C15H14ClNO/c1-10-5-6-11(16)9-14(10)17-8-7-12-13(17)3-2-4-15(12)18/h5-9H,2-4H2,1H3. The molecule has 3 heteroatoms. The Kier molecular flexibility index (Phi) is 2.75. The fourth-order valence-electron chi connectivity index (χ4n) is 2.59. The van der Waals surface area contributed by atoms with E-state index in [9.17, 15) is 4.79 Å². The summed E-state index contributed by atoms with van der Waals surface area (Å²) in [6.45, 7) is 2.06. The molecule has 2 nitrogen and oxygen atoms in total. The Morgan fingerprint density at radius 3 is 2.89 bits per heavy atom. The smallest absolute Gasteiger partial charge is 0.164 e. The van der Waals surface area contributed by atoms with Crippen molar-refractivity contribution in [2.45, 2.75) is 26.2 Å². The molecule has 1 aliphatic carbocycles. The van der Waals surface area contributed by atoms with Crippen molar-refractivity contribution in [3.05, 3.63) is 52.3 Å². The second-order valence-corrected chi connectivity index (χ2v) is 5.19. The maximum atomic E-state index is 11.8. The van der Waals surface area contributed by atoms with Gasteiger partial charge in [0.15, 0.2) is 5.78 Å². The first kappa shape index (κ1) is 11.5. The highest BCUT2D eigenvalue weighted by molar-refractivity contribution is 6.30. The number of nitrogens with zero attached hydrogens (tertiary/aromatic N) is 1. The Morgan fingerprint density at radius 1 is 1.22 bits per heavy atom. The van der Waals surface area contributed by atoms with Gasteiger partial charge in [0.1, 0.15) is 0 Å². The minimum atomic E-state index is 0.259. The molecular weight excluding hydrogens is 246 g/mol. The molecule has 1 aromatic heterocycles. The summed E-state index contributed by atoms with van der Waals surface area (Å²) >= 11 is 6.07. The van der Waals surface area contributed by atoms with Crippen molar-refractivity contribution in [1.29, 1.82) is 0 Å². The SMILES string of the molecule is Cc1ccc(Cl)cc1-n1ccc2c1CCCC2=O. The first-order valence-electron chi connectivity index (χ1n) is 6.17. The van der Waals surface area contributed by atoms with Crippen molar-refractivity contribution >= 4 is 17.4 Å². The highest BCUT2D eigenvalue weighted by atomic mass is 35.5. The van der Waals surface area contributed by atoms with Crippen LogP contribution in [0.3, 0.4) is 0 Å². The number of carbonyl (C=O) groups excluding carboxylic acids is 1. The van der Waals surface area contributed by atoms with E-state index in [1.807, 2.05) is 30.5 Å². The largest absolute Gasteiger partial charge is 0.320 e. The Morgan fingerprint density at radius 2 is 2.06 bits per heavy atom. The molecule has 0 amide bonds. The second-order valence-electron chi connectivity index (χ2n) is 4.75. The van der Waals surface area contributed by atoms with Gasteiger partial charge in [-0.15, -0.1) is 0 Å². The molecule has 0 bridgehead atoms. The first-order valence-corrected chi connectivity index (χ1v) is 6.54. The number of aromatic nitrogens is 1. The van der Waals surface area contributed by atoms with Gasteiger partial charge >= 0.3 is 0 Å². The number of ketones is 1. The molecule has 0 saturated carbocycles. The molecule has 92 valence electrons. The van der Waals surface area contributed by atoms with Gasteiger partial charge in [0.25, 0.3) is 0 Å². The molecule has 0 radical (unpaired) electrons. The third kappa shape index (κ3) is 1.77. The lowest BCUT2D eigenvalue weighted by molar-refractivity contribution is 0.0972. The summed E-state index contributed by atoms with van der Waals surface area (Å²) in [7, 11) is 0. The van der Waals surface area contributed by atoms with E-state index in [4.69, 9.17) is 11.6 Å². The molecular formula is C15H14ClNO. The maximum Gasteiger partial charge on any atom is 0.164 e. The number of aryl methyl sites for hydroxylation is 1. The van der Waals surface area contributed by atoms with Gasteiger partial charge in [0.05, 0.1) is 0 Å². The van der Waals surface area contributed by atoms with Gasteiger partial charge in [0, 0.05) is 34.6 Å². The quantitative estimate of drug-likeness (QED) is 0.760. The van der Waals surface area contributed by atoms with E-state index in [0.29, 0.717) is 6.42 Å². The van der Waals surface area contributed by atoms with E-state index in [1.54, 1.807) is 0 Å². The number of Topliss-reactive ketones (excluding diaryl/α,β-unsaturated/α-hetero) is 1. The van der Waals surface area contributed by atoms with Gasteiger partial charge in [-0.3, -0.25) is 4.79 Å². The maximum absolute atomic E-state index is 11.8. The van der Waals surface area contributed by atoms with Gasteiger partial charge in [-0.1, -0.05) is 17.7 Å². The summed E-state index contributed by atoms with van der Waals surface area (Å²) in [6, 6.07) is 7.78. The minimum absolute atomic E-state index is 0.259. The Balaban J connectivity index is 2.18. The van der Waals surface area contributed by atoms with Crippen LogP contribution in [0.1, 0.15) is 34.5 Å². The summed E-state index contributed by atoms with van der Waals surface area (Å²) < 4.78 is 2.10. The van der Waals surface area contributed by atoms with Crippen molar-refractivity contribution in [2.75, 3.05) is 0 Å². The predicted molar refractivity (Wildman–Crippen MR) is 72.8 cm³/mol. The monoisotopic (exact) mass is 259 g/mol. The number of benzene rings is 1. The van der Waals surface area contributed by atoms with E-state index in [0.717, 1.165) is 40.4 Å². The topological polar surface area (TPSA) is 22.0 Å². The van der Waals surface area contributed by atoms with Gasteiger partial charge in [-0.05, 0) is 43.5 Å². The summed E-state index contributed by atoms with van der Waals surface area (Å²) in [6.07, 6.45) is 4.55. The van der Waals surface area contributed by atoms with Gasteiger partial charge < -0.3 is 4.57 Å². The molecule has 1 aliphatic rings. The Bertz CT molecular complexity index is 627. The van der Waals surface area contributed by atoms with Gasteiger partial charge in [-0.25, -0.2) is 0 Å². The number of carbonyl (C=O) groups is 1. The summed E-state index contributed by atoms with van der Waals surface area (Å²) in [5.41, 5.74) is 4.23. The second kappa shape index (κ2) is 4.29. The highest BCUT2D eigenvalue weighted by Gasteiger charge is 2.21. The van der Waals surface area contributed by atoms with Crippen LogP contribution in [0.15, 0.2) is 30.5 Å². The molecule has 18 heavy (non-hydrogen) atoms. The minimum Gasteiger partial charge on any atom is -0.320 e. The summed E-state index contributed by atoms with van der Waals surface area (Å²) in [4.78, 5) is 11.8. The van der Waals surface area contributed by atoms with Crippen molar-refractivity contribution in [1.82, 2.24) is 4.57 Å². The van der Waals surface area contributed by atoms with Crippen LogP contribution in [0.4, 0.5) is 0 Å². The third-order valence-corrected chi connectivity index (χ3v) is 3.78. The van der Waals surface area contributed by atoms with Gasteiger partial charge in [-0.2, -0.15) is 0 Å². The van der Waals surface area contributed by atoms with Crippen molar-refractivity contribution < 1.29 is 4.79 Å². The normalized spacial score (nSPS) is 14.7. The molecule has 3 rings (SSSR count). The van der Waals surface area contributed by atoms with Crippen LogP contribution in [-0.2, 0) is 6.42 Å². The Hall–Kier alpha value is -1.54. The molecule has 0 spiro atoms. The third-order valence-electron chi connectivity index (χ3n) is 3.54. The molecule has 0 aliphatic heterocycles. The fraction of sp³-hybridized carbons (Fsp3) is 0.267. The van der Waals surface area contributed by atoms with Crippen molar-refractivity contribution in [3.63, 3.8) is 0 Å². The molecule has 0 saturated heterocycles. The average molecular weight is 260 g/mol. The molecule has 0 N–H and O–H groups in total. The predicted octanol–water partition coefficient (Wildman–Crippen LogP) is 3.96. The number of fused-ring (bicyclic) bond motifs is 1. The van der Waals surface area contributed by atoms with Crippen LogP contribution in [0.5, 0.6) is 0 Å². The van der Waals surface area contributed by atoms with E-state index in [-0.39, 0.29) is 5.78 Å². The summed E-state index contributed by atoms with van der Waals surface area (Å²) in [5, 5.41) is 0.722. The van der Waals surface area contributed by atoms with Crippen molar-refractivity contribution in [3.8, 4) is 5.69 Å². The number of hydrogen-bond acceptors (Lipinski definition) is 1. The van der Waals surface area contributed by atoms with E-state index < -0.39 is 0 Å². The summed E-state index contributed by atoms with van der Waals surface area (Å²) in [5.74, 6) is 0.259. The fourth-order valence-corrected chi connectivity index (χ4v) is 2.76. The molecule has 1 heterocycles. The molecule has 0 unspecified atom stereocenters. The van der Waals surface area contributed by atoms with E-state index in [1.165, 1.54) is 0 Å². The number of halogens is 1. The van der Waals surface area contributed by atoms with Crippen LogP contribution in [0.2, 0.25) is 5.02 Å². The molecule has 0 atom stereocenters. The molecule has 0 fully saturated rings. The first-order chi connectivity index (χ1) is 8.66. The van der Waals surface area contributed by atoms with E-state index in [2.05, 4.69) is 11.5 Å². The van der Waals surface area contributed by atoms with Crippen LogP contribution in [0, 0.1) is 6.92 Å². The molecule has 1 aromatic carbocycles. The van der Waals surface area contributed by atoms with Crippen LogP contribution < -0.4 is 0 Å². The number of rotatable bonds is 1. The number of hydrogen-bond donors (Lipinski definition) is 0. The van der Waals surface area contributed by atoms with Gasteiger partial charge in [0.2, 0.25) is 0 Å². The highest BCUT2D eigenvalue weighted by Crippen LogP contribution is 2.28. The van der Waals surface area contributed by atoms with E-state index >= 15 is 0 Å². The zero-order valence-electron chi connectivity index (χ0n) is 10.2. The zero-order valence-corrected chi connectivity index (χ0v) is 11.0. The molecule has 2 aromatic rings. The van der Waals surface area contributed by atoms with Crippen LogP contribution in [-0.4, -0.2) is 10.4 Å². The Labute approximate surface area is 111 Å². The lowest BCUT2D eigenvalue weighted by Crippen LogP contribution is -2.12. The lowest BCUT2D eigenvalue weighted by atomic mass is 9.96. The van der Waals surface area contributed by atoms with Crippen LogP contribution >= 0.6 is 11.6 Å². The zero-order chi connectivity index (χ0) is 12.7. The van der Waals surface area contributed by atoms with Crippen molar-refractivity contribution in [2.24, 2.45) is 0 Å². The van der Waals surface area contributed by atoms with Crippen LogP contribution in [0.25, 0.3) is 5.69 Å². The average Bonchev–Trinajstić information content (AvgIpc) is 2.77.